The van der Waals surface area contributed by atoms with E-state index in [2.05, 4.69) is 88.5 Å². The lowest BCUT2D eigenvalue weighted by Crippen LogP contribution is -2.60. The van der Waals surface area contributed by atoms with Gasteiger partial charge in [-0.05, 0) is 87.0 Å². The number of carboxylic acids is 1. The number of carboxylic acid groups (broad SMARTS) is 1. The summed E-state index contributed by atoms with van der Waals surface area (Å²) in [4.78, 5) is 191. The summed E-state index contributed by atoms with van der Waals surface area (Å²) in [5, 5.41) is 75.8. The van der Waals surface area contributed by atoms with E-state index in [4.69, 9.17) is 15.2 Å². The molecule has 34 nitrogen and oxygen atoms in total. The van der Waals surface area contributed by atoms with Crippen molar-refractivity contribution in [3.05, 3.63) is 70.3 Å². The normalized spacial score (nSPS) is 24.6. The van der Waals surface area contributed by atoms with Gasteiger partial charge in [-0.3, -0.25) is 57.5 Å². The lowest BCUT2D eigenvalue weighted by Gasteiger charge is -2.31. The van der Waals surface area contributed by atoms with Gasteiger partial charge in [-0.25, -0.2) is 14.3 Å². The predicted octanol–water partition coefficient (Wildman–Crippen LogP) is -6.37. The molecule has 2 heterocycles. The summed E-state index contributed by atoms with van der Waals surface area (Å²) in [5.41, 5.74) is 5.39. The van der Waals surface area contributed by atoms with E-state index in [9.17, 15) is 92.7 Å². The predicted molar refractivity (Wildman–Crippen MR) is 328 cm³/mol. The number of carbonyl (C=O) groups excluding carboxylic acids is 13. The number of cyclic esters (lactones) is 2. The van der Waals surface area contributed by atoms with Crippen molar-refractivity contribution in [2.24, 2.45) is 5.73 Å². The minimum absolute atomic E-state index is 0.127. The molecular formula is C55H75N13O21S3. The van der Waals surface area contributed by atoms with Gasteiger partial charge in [0.25, 0.3) is 5.79 Å². The summed E-state index contributed by atoms with van der Waals surface area (Å²) in [6.07, 6.45) is -4.90. The third-order valence-corrected chi connectivity index (χ3v) is 14.8. The van der Waals surface area contributed by atoms with Gasteiger partial charge in [0.1, 0.15) is 64.9 Å². The Morgan fingerprint density at radius 3 is 1.37 bits per heavy atom. The number of aliphatic hydroxyl groups is 2. The number of aliphatic hydroxyl groups excluding tert-OH is 2. The van der Waals surface area contributed by atoms with Gasteiger partial charge in [0.15, 0.2) is 5.57 Å². The highest BCUT2D eigenvalue weighted by Gasteiger charge is 2.43. The molecule has 0 bridgehead atoms. The number of hydrogen-bond acceptors (Lipinski definition) is 25. The largest absolute Gasteiger partial charge is 0.508 e. The summed E-state index contributed by atoms with van der Waals surface area (Å²) in [6.45, 7) is 2.09. The molecule has 0 aliphatic carbocycles. The molecule has 4 rings (SSSR count). The molecule has 2 aromatic carbocycles. The molecule has 2 fully saturated rings. The molecule has 2 saturated heterocycles. The first-order valence-electron chi connectivity index (χ1n) is 28.3. The van der Waals surface area contributed by atoms with Crippen LogP contribution in [0.5, 0.6) is 11.5 Å². The number of hydrogen-bond donors (Lipinski definition) is 20. The Kier molecular flexibility index (Phi) is 29.9. The molecule has 2 aliphatic heterocycles. The Labute approximate surface area is 540 Å². The van der Waals surface area contributed by atoms with E-state index in [1.54, 1.807) is 0 Å². The molecule has 37 heteroatoms. The highest BCUT2D eigenvalue weighted by atomic mass is 32.2. The monoisotopic (exact) mass is 1350 g/mol. The van der Waals surface area contributed by atoms with Gasteiger partial charge >= 0.3 is 17.9 Å². The van der Waals surface area contributed by atoms with Crippen molar-refractivity contribution in [3.63, 3.8) is 0 Å². The SMILES string of the molecule is C[C@@H](O)C1NC(=O)[C@H](Cc2ccc(O)cc2)NC(=O)CNC(=O)[C@H]([C@@H](C)O)NC(=O)[C@H](Cc2ccc(O)cc2)NC(=O)CNSC(=C2C(=O)OC(C)(C)OC2=O)NC(=O)C(CS)NC(=O)[C@H](CS)NC(=O)[C@H](CC(=O)O)NC(=O)[C@H](CCCCN)NC(=O)CNC1=O. The zero-order valence-electron chi connectivity index (χ0n) is 50.0. The first-order chi connectivity index (χ1) is 43.3. The molecule has 0 spiro atoms. The van der Waals surface area contributed by atoms with Crippen LogP contribution in [0.3, 0.4) is 0 Å². The Morgan fingerprint density at radius 2 is 0.946 bits per heavy atom. The summed E-state index contributed by atoms with van der Waals surface area (Å²) in [5.74, 6) is -19.9. The van der Waals surface area contributed by atoms with E-state index in [1.807, 2.05) is 0 Å². The Bertz CT molecular complexity index is 3060. The average Bonchev–Trinajstić information content (AvgIpc) is 1.24. The van der Waals surface area contributed by atoms with Gasteiger partial charge in [-0.2, -0.15) is 25.3 Å². The topological polar surface area (TPSA) is 529 Å². The van der Waals surface area contributed by atoms with Crippen LogP contribution in [0.25, 0.3) is 0 Å². The Balaban J connectivity index is 1.77. The Hall–Kier alpha value is -8.75. The van der Waals surface area contributed by atoms with Crippen molar-refractivity contribution in [1.82, 2.24) is 63.2 Å². The second-order valence-electron chi connectivity index (χ2n) is 21.2. The highest BCUT2D eigenvalue weighted by Crippen LogP contribution is 2.27. The summed E-state index contributed by atoms with van der Waals surface area (Å²) < 4.78 is 12.9. The molecule has 0 aromatic heterocycles. The zero-order valence-corrected chi connectivity index (χ0v) is 52.6. The lowest BCUT2D eigenvalue weighted by molar-refractivity contribution is -0.222. The first kappa shape index (κ1) is 75.7. The van der Waals surface area contributed by atoms with E-state index < -0.39 is 197 Å². The molecule has 2 aromatic rings. The van der Waals surface area contributed by atoms with Gasteiger partial charge in [0.05, 0.1) is 38.3 Å². The Morgan fingerprint density at radius 1 is 0.554 bits per heavy atom. The number of unbranched alkanes of at least 4 members (excludes halogenated alkanes) is 1. The van der Waals surface area contributed by atoms with Crippen LogP contribution in [0, 0.1) is 0 Å². The summed E-state index contributed by atoms with van der Waals surface area (Å²) in [7, 11) is 0. The molecule has 11 amide bonds. The van der Waals surface area contributed by atoms with E-state index >= 15 is 0 Å². The maximum atomic E-state index is 14.1. The van der Waals surface area contributed by atoms with Gasteiger partial charge in [0, 0.05) is 38.2 Å². The van der Waals surface area contributed by atoms with E-state index in [-0.39, 0.29) is 55.7 Å². The van der Waals surface area contributed by atoms with Crippen LogP contribution >= 0.6 is 37.2 Å². The maximum Gasteiger partial charge on any atom is 0.351 e. The number of ether oxygens (including phenoxy) is 2. The van der Waals surface area contributed by atoms with Gasteiger partial charge in [-0.15, -0.1) is 0 Å². The maximum absolute atomic E-state index is 14.1. The fraction of sp³-hybridized carbons (Fsp3) is 0.491. The number of aromatic hydroxyl groups is 2. The van der Waals surface area contributed by atoms with Crippen LogP contribution in [0.1, 0.15) is 64.5 Å². The number of phenolic OH excluding ortho intramolecular Hbond substituents is 2. The van der Waals surface area contributed by atoms with E-state index in [1.165, 1.54) is 62.4 Å². The fourth-order valence-corrected chi connectivity index (χ4v) is 9.75. The van der Waals surface area contributed by atoms with Crippen molar-refractivity contribution < 1.29 is 102 Å². The third kappa shape index (κ3) is 24.5. The summed E-state index contributed by atoms with van der Waals surface area (Å²) in [6, 6.07) is -3.25. The molecule has 0 saturated carbocycles. The number of amides is 11. The minimum atomic E-state index is -1.97. The van der Waals surface area contributed by atoms with Crippen molar-refractivity contribution in [3.8, 4) is 11.5 Å². The molecule has 0 radical (unpaired) electrons. The molecule has 10 atom stereocenters. The van der Waals surface area contributed by atoms with Crippen molar-refractivity contribution in [2.75, 3.05) is 37.7 Å². The number of aliphatic carboxylic acids is 1. The molecule has 2 aliphatic rings. The molecule has 19 N–H and O–H groups in total. The number of nitrogens with two attached hydrogens (primary N) is 1. The standard InChI is InChI=1S/C55H75N13O21S3/c1-25(69)42-50(84)57-20-37(73)60-31(7-5-6-16-56)44(78)63-34(19-40(76)77)45(79)64-35(23-90)48(82)65-36(24-91)49(83)68-52(41-53(86)88-55(3,4)89-54(41)87)92-59-22-39(75)62-33(18-28-10-14-30(72)15-11-28)47(81)67-43(26(2)70)51(85)58-21-38(74)61-32(46(80)66-42)17-27-8-12-29(71)13-9-27/h8-15,25-26,31-36,42-43,59,69-72,90-91H,5-7,16-24,56H2,1-4H3,(H,57,84)(H,58,85)(H,60,73)(H,61,74)(H,62,75)(H,63,78)(H,64,79)(H,65,82)(H,66,80)(H,67,81)(H,68,83)(H,76,77)/t25-,26-,31+,32+,33+,34+,35+,36?,42?,43+/m1/s1. The fourth-order valence-electron chi connectivity index (χ4n) is 8.46. The number of esters is 2. The molecule has 504 valence electrons. The van der Waals surface area contributed by atoms with Gasteiger partial charge in [-0.1, -0.05) is 24.3 Å². The lowest BCUT2D eigenvalue weighted by atomic mass is 10.0. The number of nitrogens with one attached hydrogen (secondary N) is 12. The average molecular weight is 1350 g/mol. The molecule has 2 unspecified atom stereocenters. The van der Waals surface area contributed by atoms with Crippen LogP contribution in [0.2, 0.25) is 0 Å². The van der Waals surface area contributed by atoms with Crippen molar-refractivity contribution in [2.45, 2.75) is 133 Å². The van der Waals surface area contributed by atoms with Crippen LogP contribution < -0.4 is 68.9 Å². The smallest absolute Gasteiger partial charge is 0.351 e. The second-order valence-corrected chi connectivity index (χ2v) is 22.8. The van der Waals surface area contributed by atoms with E-state index in [0.29, 0.717) is 17.5 Å². The molecule has 92 heavy (non-hydrogen) atoms. The summed E-state index contributed by atoms with van der Waals surface area (Å²) >= 11 is 8.55. The zero-order chi connectivity index (χ0) is 68.6. The van der Waals surface area contributed by atoms with Crippen LogP contribution in [-0.2, 0) is 89.4 Å². The number of thiol groups is 2. The van der Waals surface area contributed by atoms with Gasteiger partial charge in [0.2, 0.25) is 65.0 Å². The van der Waals surface area contributed by atoms with Crippen molar-refractivity contribution in [1.29, 1.82) is 0 Å². The van der Waals surface area contributed by atoms with Crippen LogP contribution in [-0.4, -0.2) is 212 Å². The quantitative estimate of drug-likeness (QED) is 0.0209. The van der Waals surface area contributed by atoms with Crippen molar-refractivity contribution >= 4 is 120 Å². The van der Waals surface area contributed by atoms with Crippen LogP contribution in [0.15, 0.2) is 59.1 Å². The number of carbonyl (C=O) groups is 14. The van der Waals surface area contributed by atoms with E-state index in [0.717, 1.165) is 13.8 Å². The number of benzene rings is 2. The highest BCUT2D eigenvalue weighted by molar-refractivity contribution is 8.01. The first-order valence-corrected chi connectivity index (χ1v) is 30.4. The van der Waals surface area contributed by atoms with Gasteiger partial charge < -0.3 is 99.2 Å². The van der Waals surface area contributed by atoms with Crippen LogP contribution in [0.4, 0.5) is 0 Å². The minimum Gasteiger partial charge on any atom is -0.508 e. The molecular weight excluding hydrogens is 1270 g/mol. The third-order valence-electron chi connectivity index (χ3n) is 13.2. The second kappa shape index (κ2) is 36.3. The number of phenols is 2. The number of rotatable bonds is 14.